The van der Waals surface area contributed by atoms with Crippen LogP contribution in [0.25, 0.3) is 0 Å². The molecule has 0 radical (unpaired) electrons. The van der Waals surface area contributed by atoms with E-state index in [0.29, 0.717) is 6.04 Å². The van der Waals surface area contributed by atoms with Crippen LogP contribution in [-0.2, 0) is 0 Å². The number of halogens is 1. The van der Waals surface area contributed by atoms with Gasteiger partial charge in [0.2, 0.25) is 0 Å². The van der Waals surface area contributed by atoms with Crippen LogP contribution < -0.4 is 5.32 Å². The highest BCUT2D eigenvalue weighted by Crippen LogP contribution is 2.46. The van der Waals surface area contributed by atoms with Crippen LogP contribution in [0.4, 0.5) is 0 Å². The predicted octanol–water partition coefficient (Wildman–Crippen LogP) is 4.71. The third kappa shape index (κ3) is 3.06. The molecule has 1 aromatic rings. The third-order valence-corrected chi connectivity index (χ3v) is 5.98. The summed E-state index contributed by atoms with van der Waals surface area (Å²) in [7, 11) is 0. The number of hydrogen-bond donors (Lipinski definition) is 1. The zero-order valence-corrected chi connectivity index (χ0v) is 14.5. The van der Waals surface area contributed by atoms with Gasteiger partial charge in [-0.2, -0.15) is 0 Å². The highest BCUT2D eigenvalue weighted by atomic mass is 35.5. The zero-order valence-electron chi connectivity index (χ0n) is 12.9. The van der Waals surface area contributed by atoms with Crippen molar-refractivity contribution in [1.29, 1.82) is 0 Å². The fourth-order valence-corrected chi connectivity index (χ4v) is 5.12. The number of nitrogens with one attached hydrogen (secondary N) is 1. The second kappa shape index (κ2) is 7.26. The van der Waals surface area contributed by atoms with E-state index >= 15 is 0 Å². The Hall–Kier alpha value is -0.0900. The lowest BCUT2D eigenvalue weighted by Crippen LogP contribution is -2.54. The first-order chi connectivity index (χ1) is 9.67. The van der Waals surface area contributed by atoms with Gasteiger partial charge in [0.05, 0.1) is 10.4 Å². The van der Waals surface area contributed by atoms with Gasteiger partial charge < -0.3 is 5.32 Å². The lowest BCUT2D eigenvalue weighted by atomic mass is 9.84. The van der Waals surface area contributed by atoms with E-state index in [0.717, 1.165) is 24.0 Å². The Balaban J connectivity index is 2.37. The Kier molecular flexibility index (Phi) is 5.91. The minimum Gasteiger partial charge on any atom is -0.308 e. The maximum absolute atomic E-state index is 6.18. The molecule has 2 rings (SSSR count). The fraction of sp³-hybridized carbons (Fsp3) is 0.750. The molecular formula is C16H27ClN2S. The first-order valence-electron chi connectivity index (χ1n) is 7.91. The monoisotopic (exact) mass is 314 g/mol. The van der Waals surface area contributed by atoms with Crippen LogP contribution in [0.3, 0.4) is 0 Å². The average Bonchev–Trinajstić information content (AvgIpc) is 3.08. The maximum atomic E-state index is 6.18. The van der Waals surface area contributed by atoms with Gasteiger partial charge in [-0.05, 0) is 44.6 Å². The van der Waals surface area contributed by atoms with Crippen molar-refractivity contribution in [2.75, 3.05) is 19.6 Å². The van der Waals surface area contributed by atoms with Gasteiger partial charge in [-0.1, -0.05) is 45.2 Å². The summed E-state index contributed by atoms with van der Waals surface area (Å²) < 4.78 is 0.899. The van der Waals surface area contributed by atoms with Gasteiger partial charge >= 0.3 is 0 Å². The zero-order chi connectivity index (χ0) is 14.6. The molecule has 1 saturated carbocycles. The number of likely N-dealkylation sites (N-methyl/N-ethyl adjacent to an activating group) is 2. The smallest absolute Gasteiger partial charge is 0.0931 e. The third-order valence-electron chi connectivity index (χ3n) is 4.69. The van der Waals surface area contributed by atoms with Gasteiger partial charge in [0.1, 0.15) is 0 Å². The standard InChI is InChI=1S/C16H27ClN2S/c1-4-18-15(13-9-10-14(17)20-13)16(11-7-8-12-16)19(5-2)6-3/h9-10,15,18H,4-8,11-12H2,1-3H3. The Morgan fingerprint density at radius 1 is 1.25 bits per heavy atom. The van der Waals surface area contributed by atoms with Crippen molar-refractivity contribution in [3.63, 3.8) is 0 Å². The molecule has 0 aromatic carbocycles. The average molecular weight is 315 g/mol. The van der Waals surface area contributed by atoms with Crippen molar-refractivity contribution in [2.24, 2.45) is 0 Å². The molecule has 1 atom stereocenters. The summed E-state index contributed by atoms with van der Waals surface area (Å²) in [5.74, 6) is 0. The molecule has 0 aliphatic heterocycles. The molecule has 114 valence electrons. The fourth-order valence-electron chi connectivity index (χ4n) is 3.87. The van der Waals surface area contributed by atoms with Crippen molar-refractivity contribution in [1.82, 2.24) is 10.2 Å². The highest BCUT2D eigenvalue weighted by molar-refractivity contribution is 7.16. The van der Waals surface area contributed by atoms with Gasteiger partial charge in [-0.25, -0.2) is 0 Å². The maximum Gasteiger partial charge on any atom is 0.0931 e. The van der Waals surface area contributed by atoms with E-state index in [1.807, 2.05) is 6.07 Å². The molecule has 4 heteroatoms. The van der Waals surface area contributed by atoms with Gasteiger partial charge in [0.25, 0.3) is 0 Å². The molecule has 1 aromatic heterocycles. The molecule has 1 aliphatic rings. The number of hydrogen-bond acceptors (Lipinski definition) is 3. The first-order valence-corrected chi connectivity index (χ1v) is 9.11. The summed E-state index contributed by atoms with van der Waals surface area (Å²) >= 11 is 7.92. The molecule has 2 nitrogen and oxygen atoms in total. The Morgan fingerprint density at radius 2 is 1.90 bits per heavy atom. The number of nitrogens with zero attached hydrogens (tertiary/aromatic N) is 1. The van der Waals surface area contributed by atoms with Gasteiger partial charge in [-0.3, -0.25) is 4.90 Å². The van der Waals surface area contributed by atoms with Crippen LogP contribution in [0.15, 0.2) is 12.1 Å². The van der Waals surface area contributed by atoms with Crippen LogP contribution in [-0.4, -0.2) is 30.1 Å². The summed E-state index contributed by atoms with van der Waals surface area (Å²) in [5.41, 5.74) is 0.272. The molecule has 1 aliphatic carbocycles. The Labute approximate surface area is 132 Å². The van der Waals surface area contributed by atoms with Crippen molar-refractivity contribution in [2.45, 2.75) is 58.0 Å². The molecule has 1 fully saturated rings. The van der Waals surface area contributed by atoms with Crippen LogP contribution in [0.1, 0.15) is 57.4 Å². The lowest BCUT2D eigenvalue weighted by molar-refractivity contribution is 0.0645. The van der Waals surface area contributed by atoms with Crippen molar-refractivity contribution >= 4 is 22.9 Å². The summed E-state index contributed by atoms with van der Waals surface area (Å²) in [6.07, 6.45) is 5.28. The molecular weight excluding hydrogens is 288 g/mol. The topological polar surface area (TPSA) is 15.3 Å². The van der Waals surface area contributed by atoms with Crippen LogP contribution >= 0.6 is 22.9 Å². The first kappa shape index (κ1) is 16.3. The van der Waals surface area contributed by atoms with E-state index in [1.54, 1.807) is 11.3 Å². The molecule has 1 N–H and O–H groups in total. The van der Waals surface area contributed by atoms with Crippen LogP contribution in [0.2, 0.25) is 4.34 Å². The Bertz CT molecular complexity index is 408. The van der Waals surface area contributed by atoms with E-state index in [-0.39, 0.29) is 5.54 Å². The molecule has 0 saturated heterocycles. The lowest BCUT2D eigenvalue weighted by Gasteiger charge is -2.46. The summed E-state index contributed by atoms with van der Waals surface area (Å²) in [5, 5.41) is 3.75. The number of rotatable bonds is 7. The minimum atomic E-state index is 0.272. The van der Waals surface area contributed by atoms with E-state index in [1.165, 1.54) is 30.6 Å². The molecule has 0 bridgehead atoms. The molecule has 1 heterocycles. The summed E-state index contributed by atoms with van der Waals surface area (Å²) in [4.78, 5) is 4.06. The largest absolute Gasteiger partial charge is 0.308 e. The van der Waals surface area contributed by atoms with Crippen molar-refractivity contribution in [3.8, 4) is 0 Å². The normalized spacial score (nSPS) is 19.6. The number of thiophene rings is 1. The second-order valence-corrected chi connectivity index (χ2v) is 7.36. The summed E-state index contributed by atoms with van der Waals surface area (Å²) in [6.45, 7) is 10.0. The molecule has 0 spiro atoms. The quantitative estimate of drug-likeness (QED) is 0.784. The SMILES string of the molecule is CCNC(c1ccc(Cl)s1)C1(N(CC)CC)CCCC1. The summed E-state index contributed by atoms with van der Waals surface area (Å²) in [6, 6.07) is 4.66. The Morgan fingerprint density at radius 3 is 2.35 bits per heavy atom. The van der Waals surface area contributed by atoms with Gasteiger partial charge in [0.15, 0.2) is 0 Å². The van der Waals surface area contributed by atoms with Gasteiger partial charge in [0, 0.05) is 10.4 Å². The van der Waals surface area contributed by atoms with Crippen LogP contribution in [0.5, 0.6) is 0 Å². The van der Waals surface area contributed by atoms with E-state index in [4.69, 9.17) is 11.6 Å². The van der Waals surface area contributed by atoms with Gasteiger partial charge in [-0.15, -0.1) is 11.3 Å². The van der Waals surface area contributed by atoms with E-state index in [2.05, 4.69) is 37.1 Å². The molecule has 0 amide bonds. The van der Waals surface area contributed by atoms with Crippen molar-refractivity contribution < 1.29 is 0 Å². The highest BCUT2D eigenvalue weighted by Gasteiger charge is 2.45. The van der Waals surface area contributed by atoms with E-state index < -0.39 is 0 Å². The van der Waals surface area contributed by atoms with Crippen LogP contribution in [0, 0.1) is 0 Å². The molecule has 1 unspecified atom stereocenters. The predicted molar refractivity (Wildman–Crippen MR) is 89.9 cm³/mol. The molecule has 20 heavy (non-hydrogen) atoms. The second-order valence-electron chi connectivity index (χ2n) is 5.62. The minimum absolute atomic E-state index is 0.272. The van der Waals surface area contributed by atoms with Crippen molar-refractivity contribution in [3.05, 3.63) is 21.3 Å². The van der Waals surface area contributed by atoms with E-state index in [9.17, 15) is 0 Å².